The van der Waals surface area contributed by atoms with Crippen LogP contribution in [-0.2, 0) is 31.6 Å². The number of benzene rings is 2. The second-order valence-corrected chi connectivity index (χ2v) is 10.8. The topological polar surface area (TPSA) is 112 Å². The van der Waals surface area contributed by atoms with Gasteiger partial charge in [-0.05, 0) is 0 Å². The number of imide groups is 2. The Morgan fingerprint density at radius 1 is 0.576 bits per heavy atom. The van der Waals surface area contributed by atoms with E-state index in [2.05, 4.69) is 0 Å². The van der Waals surface area contributed by atoms with Crippen LogP contribution in [0.15, 0.2) is 48.5 Å². The summed E-state index contributed by atoms with van der Waals surface area (Å²) < 4.78 is 23.4. The second-order valence-electron chi connectivity index (χ2n) is 7.92. The Morgan fingerprint density at radius 3 is 1.09 bits per heavy atom. The molecular weight excluding hydrogens is 468 g/mol. The molecule has 0 aliphatic carbocycles. The normalized spacial score (nSPS) is 15.8. The number of hydroxylamine groups is 4. The molecule has 0 N–H and O–H groups in total. The van der Waals surface area contributed by atoms with Crippen LogP contribution in [0.4, 0.5) is 0 Å². The molecule has 4 rings (SSSR count). The molecule has 0 unspecified atom stereocenters. The van der Waals surface area contributed by atoms with Gasteiger partial charge in [0.05, 0.1) is 0 Å². The minimum atomic E-state index is -5.20. The van der Waals surface area contributed by atoms with Crippen molar-refractivity contribution in [2.75, 3.05) is 0 Å². The standard InChI is InChI=1S/2C8H4NO3.2C3H7O.Ti/c2*10-7-5-3-1-2-4-6(5)8(11)9(7)12;2*1-3(2)4;/h2*1-4H;2*3H,1-2H3;/q4*-1;+4. The Labute approximate surface area is 195 Å². The summed E-state index contributed by atoms with van der Waals surface area (Å²) in [6, 6.07) is 12.4. The fraction of sp³-hybridized carbons (Fsp3) is 0.273. The molecule has 0 radical (unpaired) electrons. The number of nitrogens with zero attached hydrogens (tertiary/aromatic N) is 2. The molecule has 2 heterocycles. The molecule has 4 amide bonds. The molecule has 0 spiro atoms. The van der Waals surface area contributed by atoms with Crippen LogP contribution < -0.4 is 0 Å². The number of amides is 4. The summed E-state index contributed by atoms with van der Waals surface area (Å²) in [5.41, 5.74) is 0.587. The van der Waals surface area contributed by atoms with Crippen molar-refractivity contribution < 1.29 is 50.8 Å². The van der Waals surface area contributed by atoms with E-state index in [1.807, 2.05) is 0 Å². The van der Waals surface area contributed by atoms with Gasteiger partial charge in [0, 0.05) is 0 Å². The van der Waals surface area contributed by atoms with Crippen LogP contribution in [0.1, 0.15) is 69.1 Å². The number of carbonyl (C=O) groups excluding carboxylic acids is 4. The molecule has 172 valence electrons. The summed E-state index contributed by atoms with van der Waals surface area (Å²) in [6.07, 6.45) is -1.09. The predicted molar refractivity (Wildman–Crippen MR) is 108 cm³/mol. The summed E-state index contributed by atoms with van der Waals surface area (Å²) in [6.45, 7) is 6.67. The van der Waals surface area contributed by atoms with Crippen LogP contribution in [0.5, 0.6) is 0 Å². The molecule has 11 heteroatoms. The van der Waals surface area contributed by atoms with Gasteiger partial charge >= 0.3 is 195 Å². The van der Waals surface area contributed by atoms with Crippen LogP contribution in [0.25, 0.3) is 0 Å². The first-order valence-corrected chi connectivity index (χ1v) is 12.9. The average Bonchev–Trinajstić information content (AvgIpc) is 3.14. The van der Waals surface area contributed by atoms with E-state index in [0.29, 0.717) is 10.1 Å². The van der Waals surface area contributed by atoms with Crippen LogP contribution in [0.2, 0.25) is 0 Å². The van der Waals surface area contributed by atoms with Crippen molar-refractivity contribution in [3.8, 4) is 0 Å². The van der Waals surface area contributed by atoms with Crippen LogP contribution in [0.3, 0.4) is 0 Å². The van der Waals surface area contributed by atoms with E-state index in [9.17, 15) is 19.2 Å². The van der Waals surface area contributed by atoms with Crippen molar-refractivity contribution in [2.24, 2.45) is 0 Å². The molecule has 0 saturated carbocycles. The fourth-order valence-corrected chi connectivity index (χ4v) is 6.86. The zero-order valence-corrected chi connectivity index (χ0v) is 20.0. The van der Waals surface area contributed by atoms with E-state index in [-0.39, 0.29) is 22.3 Å². The molecule has 2 aromatic rings. The third-order valence-corrected chi connectivity index (χ3v) is 8.32. The quantitative estimate of drug-likeness (QED) is 0.410. The minimum absolute atomic E-state index is 0.147. The molecule has 0 bridgehead atoms. The van der Waals surface area contributed by atoms with Gasteiger partial charge in [-0.3, -0.25) is 0 Å². The van der Waals surface area contributed by atoms with E-state index >= 15 is 0 Å². The maximum absolute atomic E-state index is 12.9. The Bertz CT molecular complexity index is 989. The Morgan fingerprint density at radius 2 is 0.848 bits per heavy atom. The number of carbonyl (C=O) groups is 4. The van der Waals surface area contributed by atoms with Gasteiger partial charge in [-0.25, -0.2) is 0 Å². The first-order chi connectivity index (χ1) is 15.6. The van der Waals surface area contributed by atoms with Crippen molar-refractivity contribution in [3.63, 3.8) is 0 Å². The van der Waals surface area contributed by atoms with Gasteiger partial charge < -0.3 is 0 Å². The third kappa shape index (κ3) is 4.29. The van der Waals surface area contributed by atoms with E-state index in [1.165, 1.54) is 24.3 Å². The molecule has 2 aromatic carbocycles. The van der Waals surface area contributed by atoms with E-state index in [1.54, 1.807) is 52.0 Å². The molecule has 33 heavy (non-hydrogen) atoms. The zero-order valence-electron chi connectivity index (χ0n) is 18.4. The van der Waals surface area contributed by atoms with Gasteiger partial charge in [0.25, 0.3) is 0 Å². The van der Waals surface area contributed by atoms with Gasteiger partial charge in [-0.15, -0.1) is 0 Å². The number of hydrogen-bond acceptors (Lipinski definition) is 8. The fourth-order valence-electron chi connectivity index (χ4n) is 3.43. The van der Waals surface area contributed by atoms with Gasteiger partial charge in [-0.1, -0.05) is 0 Å². The SMILES string of the molecule is CC(C)[O][Ti]([O]C(C)C)([O]N1C(=O)c2ccccc2C1=O)[O]N1C(=O)c2ccccc2C1=O. The number of hydrogen-bond donors (Lipinski definition) is 0. The van der Waals surface area contributed by atoms with Gasteiger partial charge in [0.2, 0.25) is 0 Å². The average molecular weight is 490 g/mol. The molecule has 0 saturated heterocycles. The molecular formula is C22H22N2O8Ti. The molecule has 2 aliphatic rings. The summed E-state index contributed by atoms with van der Waals surface area (Å²) in [5, 5.41) is 1.04. The van der Waals surface area contributed by atoms with Crippen LogP contribution in [-0.4, -0.2) is 46.0 Å². The zero-order chi connectivity index (χ0) is 23.9. The molecule has 2 aliphatic heterocycles. The number of fused-ring (bicyclic) bond motifs is 2. The first kappa shape index (κ1) is 23.4. The first-order valence-electron chi connectivity index (χ1n) is 10.3. The third-order valence-electron chi connectivity index (χ3n) is 4.68. The van der Waals surface area contributed by atoms with E-state index in [4.69, 9.17) is 13.5 Å². The van der Waals surface area contributed by atoms with Gasteiger partial charge in [0.15, 0.2) is 0 Å². The van der Waals surface area contributed by atoms with Crippen molar-refractivity contribution in [2.45, 2.75) is 39.9 Å². The summed E-state index contributed by atoms with van der Waals surface area (Å²) in [5.74, 6) is -2.90. The Kier molecular flexibility index (Phi) is 6.32. The summed E-state index contributed by atoms with van der Waals surface area (Å²) >= 11 is -5.20. The monoisotopic (exact) mass is 490 g/mol. The Balaban J connectivity index is 1.71. The molecule has 0 atom stereocenters. The van der Waals surface area contributed by atoms with Gasteiger partial charge in [-0.2, -0.15) is 0 Å². The van der Waals surface area contributed by atoms with Gasteiger partial charge in [0.1, 0.15) is 0 Å². The molecule has 0 aromatic heterocycles. The number of rotatable bonds is 8. The summed E-state index contributed by atoms with van der Waals surface area (Å²) in [4.78, 5) is 51.6. The van der Waals surface area contributed by atoms with Crippen molar-refractivity contribution in [3.05, 3.63) is 70.8 Å². The van der Waals surface area contributed by atoms with Crippen molar-refractivity contribution >= 4 is 23.6 Å². The summed E-state index contributed by atoms with van der Waals surface area (Å²) in [7, 11) is 0. The van der Waals surface area contributed by atoms with Crippen LogP contribution in [0, 0.1) is 0 Å². The van der Waals surface area contributed by atoms with Crippen molar-refractivity contribution in [1.29, 1.82) is 0 Å². The molecule has 10 nitrogen and oxygen atoms in total. The predicted octanol–water partition coefficient (Wildman–Crippen LogP) is 3.11. The Hall–Kier alpha value is -2.73. The molecule has 0 fully saturated rings. The van der Waals surface area contributed by atoms with Crippen LogP contribution >= 0.6 is 0 Å². The van der Waals surface area contributed by atoms with E-state index < -0.39 is 54.0 Å². The maximum atomic E-state index is 12.9. The van der Waals surface area contributed by atoms with Crippen molar-refractivity contribution in [1.82, 2.24) is 10.1 Å². The van der Waals surface area contributed by atoms with E-state index in [0.717, 1.165) is 0 Å². The second kappa shape index (κ2) is 8.90.